The summed E-state index contributed by atoms with van der Waals surface area (Å²) in [5.41, 5.74) is 0.909. The van der Waals surface area contributed by atoms with Crippen LogP contribution in [0.15, 0.2) is 30.3 Å². The third-order valence-corrected chi connectivity index (χ3v) is 2.74. The van der Waals surface area contributed by atoms with Crippen molar-refractivity contribution in [3.63, 3.8) is 0 Å². The molecule has 0 spiro atoms. The van der Waals surface area contributed by atoms with Gasteiger partial charge in [0.25, 0.3) is 0 Å². The molecule has 1 aliphatic heterocycles. The van der Waals surface area contributed by atoms with Crippen molar-refractivity contribution in [2.75, 3.05) is 26.2 Å². The summed E-state index contributed by atoms with van der Waals surface area (Å²) in [5.74, 6) is 0.273. The molecule has 4 nitrogen and oxygen atoms in total. The second-order valence-corrected chi connectivity index (χ2v) is 4.00. The fraction of sp³-hybridized carbons (Fsp3) is 0.308. The van der Waals surface area contributed by atoms with Gasteiger partial charge in [0, 0.05) is 32.3 Å². The Morgan fingerprint density at radius 3 is 2.53 bits per heavy atom. The van der Waals surface area contributed by atoms with Crippen molar-refractivity contribution < 1.29 is 9.90 Å². The van der Waals surface area contributed by atoms with Crippen LogP contribution in [0.2, 0.25) is 0 Å². The average Bonchev–Trinajstić information content (AvgIpc) is 2.39. The highest BCUT2D eigenvalue weighted by atomic mass is 16.3. The van der Waals surface area contributed by atoms with Crippen molar-refractivity contribution in [1.82, 2.24) is 10.2 Å². The molecule has 1 aromatic carbocycles. The SMILES string of the molecule is O=C(/C=C/c1ccc(O)cc1)N1CCNCC1. The number of hydrogen-bond acceptors (Lipinski definition) is 3. The second kappa shape index (κ2) is 5.50. The first kappa shape index (κ1) is 11.7. The monoisotopic (exact) mass is 232 g/mol. The van der Waals surface area contributed by atoms with Crippen LogP contribution in [0.5, 0.6) is 5.75 Å². The molecular formula is C13H16N2O2. The summed E-state index contributed by atoms with van der Waals surface area (Å²) in [5, 5.41) is 12.3. The molecule has 4 heteroatoms. The molecule has 2 rings (SSSR count). The summed E-state index contributed by atoms with van der Waals surface area (Å²) < 4.78 is 0. The van der Waals surface area contributed by atoms with Crippen LogP contribution in [0.3, 0.4) is 0 Å². The molecule has 0 unspecified atom stereocenters. The summed E-state index contributed by atoms with van der Waals surface area (Å²) in [6, 6.07) is 6.76. The summed E-state index contributed by atoms with van der Waals surface area (Å²) >= 11 is 0. The molecule has 0 aliphatic carbocycles. The van der Waals surface area contributed by atoms with Gasteiger partial charge in [-0.2, -0.15) is 0 Å². The predicted molar refractivity (Wildman–Crippen MR) is 66.6 cm³/mol. The van der Waals surface area contributed by atoms with Crippen molar-refractivity contribution in [3.8, 4) is 5.75 Å². The van der Waals surface area contributed by atoms with Crippen LogP contribution in [-0.4, -0.2) is 42.1 Å². The Labute approximate surface area is 101 Å². The summed E-state index contributed by atoms with van der Waals surface area (Å²) in [4.78, 5) is 13.6. The number of carbonyl (C=O) groups is 1. The van der Waals surface area contributed by atoms with Crippen LogP contribution in [0.1, 0.15) is 5.56 Å². The number of hydrogen-bond donors (Lipinski definition) is 2. The molecule has 0 saturated carbocycles. The molecule has 1 aromatic rings. The number of phenols is 1. The van der Waals surface area contributed by atoms with Gasteiger partial charge in [0.05, 0.1) is 0 Å². The maximum atomic E-state index is 11.8. The number of aromatic hydroxyl groups is 1. The van der Waals surface area contributed by atoms with Crippen molar-refractivity contribution in [1.29, 1.82) is 0 Å². The van der Waals surface area contributed by atoms with Crippen LogP contribution >= 0.6 is 0 Å². The van der Waals surface area contributed by atoms with Crippen LogP contribution < -0.4 is 5.32 Å². The van der Waals surface area contributed by atoms with Crippen molar-refractivity contribution in [3.05, 3.63) is 35.9 Å². The van der Waals surface area contributed by atoms with E-state index in [1.54, 1.807) is 36.4 Å². The van der Waals surface area contributed by atoms with E-state index in [-0.39, 0.29) is 11.7 Å². The zero-order valence-corrected chi connectivity index (χ0v) is 9.60. The zero-order valence-electron chi connectivity index (χ0n) is 9.60. The molecule has 17 heavy (non-hydrogen) atoms. The van der Waals surface area contributed by atoms with Gasteiger partial charge in [-0.3, -0.25) is 4.79 Å². The molecule has 0 radical (unpaired) electrons. The summed E-state index contributed by atoms with van der Waals surface area (Å²) in [6.07, 6.45) is 3.35. The fourth-order valence-electron chi connectivity index (χ4n) is 1.74. The normalized spacial score (nSPS) is 16.4. The number of carbonyl (C=O) groups excluding carboxylic acids is 1. The average molecular weight is 232 g/mol. The lowest BCUT2D eigenvalue weighted by Crippen LogP contribution is -2.45. The third kappa shape index (κ3) is 3.32. The first-order chi connectivity index (χ1) is 8.25. The van der Waals surface area contributed by atoms with Gasteiger partial charge in [-0.1, -0.05) is 12.1 Å². The third-order valence-electron chi connectivity index (χ3n) is 2.74. The highest BCUT2D eigenvalue weighted by Crippen LogP contribution is 2.10. The molecule has 1 heterocycles. The first-order valence-electron chi connectivity index (χ1n) is 5.72. The summed E-state index contributed by atoms with van der Waals surface area (Å²) in [6.45, 7) is 3.25. The van der Waals surface area contributed by atoms with E-state index in [0.717, 1.165) is 31.7 Å². The number of rotatable bonds is 2. The van der Waals surface area contributed by atoms with Gasteiger partial charge in [0.2, 0.25) is 5.91 Å². The topological polar surface area (TPSA) is 52.6 Å². The lowest BCUT2D eigenvalue weighted by molar-refractivity contribution is -0.126. The molecule has 2 N–H and O–H groups in total. The number of amides is 1. The minimum atomic E-state index is 0.0413. The minimum absolute atomic E-state index is 0.0413. The Balaban J connectivity index is 1.95. The van der Waals surface area contributed by atoms with Crippen LogP contribution in [-0.2, 0) is 4.79 Å². The van der Waals surface area contributed by atoms with E-state index in [0.29, 0.717) is 0 Å². The Kier molecular flexibility index (Phi) is 3.77. The standard InChI is InChI=1S/C13H16N2O2/c16-12-4-1-11(2-5-12)3-6-13(17)15-9-7-14-8-10-15/h1-6,14,16H,7-10H2/b6-3+. The van der Waals surface area contributed by atoms with Crippen LogP contribution in [0.25, 0.3) is 6.08 Å². The second-order valence-electron chi connectivity index (χ2n) is 4.00. The van der Waals surface area contributed by atoms with E-state index in [4.69, 9.17) is 5.11 Å². The molecule has 0 aromatic heterocycles. The van der Waals surface area contributed by atoms with Gasteiger partial charge in [-0.25, -0.2) is 0 Å². The van der Waals surface area contributed by atoms with E-state index < -0.39 is 0 Å². The largest absolute Gasteiger partial charge is 0.508 e. The molecule has 1 amide bonds. The molecule has 1 aliphatic rings. The number of benzene rings is 1. The number of piperazine rings is 1. The van der Waals surface area contributed by atoms with Crippen LogP contribution in [0.4, 0.5) is 0 Å². The Morgan fingerprint density at radius 1 is 1.24 bits per heavy atom. The molecule has 1 saturated heterocycles. The number of nitrogens with one attached hydrogen (secondary N) is 1. The van der Waals surface area contributed by atoms with Gasteiger partial charge >= 0.3 is 0 Å². The van der Waals surface area contributed by atoms with Crippen molar-refractivity contribution >= 4 is 12.0 Å². The maximum Gasteiger partial charge on any atom is 0.246 e. The lowest BCUT2D eigenvalue weighted by atomic mass is 10.2. The van der Waals surface area contributed by atoms with Crippen molar-refractivity contribution in [2.45, 2.75) is 0 Å². The fourth-order valence-corrected chi connectivity index (χ4v) is 1.74. The Morgan fingerprint density at radius 2 is 1.88 bits per heavy atom. The maximum absolute atomic E-state index is 11.8. The van der Waals surface area contributed by atoms with Gasteiger partial charge in [-0.05, 0) is 23.8 Å². The first-order valence-corrected chi connectivity index (χ1v) is 5.72. The predicted octanol–water partition coefficient (Wildman–Crippen LogP) is 0.837. The lowest BCUT2D eigenvalue weighted by Gasteiger charge is -2.26. The zero-order chi connectivity index (χ0) is 12.1. The van der Waals surface area contributed by atoms with E-state index in [2.05, 4.69) is 5.32 Å². The minimum Gasteiger partial charge on any atom is -0.508 e. The number of phenolic OH excluding ortho intramolecular Hbond substituents is 1. The van der Waals surface area contributed by atoms with E-state index in [1.165, 1.54) is 0 Å². The highest BCUT2D eigenvalue weighted by Gasteiger charge is 2.12. The van der Waals surface area contributed by atoms with Crippen LogP contribution in [0, 0.1) is 0 Å². The van der Waals surface area contributed by atoms with Gasteiger partial charge in [0.1, 0.15) is 5.75 Å². The van der Waals surface area contributed by atoms with E-state index in [9.17, 15) is 4.79 Å². The molecular weight excluding hydrogens is 216 g/mol. The Bertz CT molecular complexity index is 406. The molecule has 1 fully saturated rings. The molecule has 0 bridgehead atoms. The molecule has 0 atom stereocenters. The van der Waals surface area contributed by atoms with Crippen molar-refractivity contribution in [2.24, 2.45) is 0 Å². The van der Waals surface area contributed by atoms with E-state index >= 15 is 0 Å². The quantitative estimate of drug-likeness (QED) is 0.743. The van der Waals surface area contributed by atoms with Gasteiger partial charge < -0.3 is 15.3 Å². The van der Waals surface area contributed by atoms with Gasteiger partial charge in [0.15, 0.2) is 0 Å². The highest BCUT2D eigenvalue weighted by molar-refractivity contribution is 5.91. The smallest absolute Gasteiger partial charge is 0.246 e. The number of nitrogens with zero attached hydrogens (tertiary/aromatic N) is 1. The van der Waals surface area contributed by atoms with Gasteiger partial charge in [-0.15, -0.1) is 0 Å². The Hall–Kier alpha value is -1.81. The molecule has 90 valence electrons. The summed E-state index contributed by atoms with van der Waals surface area (Å²) in [7, 11) is 0. The van der Waals surface area contributed by atoms with E-state index in [1.807, 2.05) is 4.90 Å².